The fourth-order valence-electron chi connectivity index (χ4n) is 1.77. The van der Waals surface area contributed by atoms with Gasteiger partial charge in [0.05, 0.1) is 19.3 Å². The molecule has 2 atom stereocenters. The lowest BCUT2D eigenvalue weighted by Crippen LogP contribution is -2.16. The molecule has 1 heterocycles. The van der Waals surface area contributed by atoms with Crippen molar-refractivity contribution in [3.63, 3.8) is 0 Å². The first-order valence-corrected chi connectivity index (χ1v) is 8.69. The molecule has 1 aromatic carbocycles. The molecule has 18 heavy (non-hydrogen) atoms. The summed E-state index contributed by atoms with van der Waals surface area (Å²) in [6.07, 6.45) is 0.562. The van der Waals surface area contributed by atoms with E-state index in [-0.39, 0.29) is 12.5 Å². The third-order valence-corrected chi connectivity index (χ3v) is 4.57. The lowest BCUT2D eigenvalue weighted by molar-refractivity contribution is 0.0598. The summed E-state index contributed by atoms with van der Waals surface area (Å²) in [5.74, 6) is 0. The van der Waals surface area contributed by atoms with E-state index in [4.69, 9.17) is 13.8 Å². The van der Waals surface area contributed by atoms with Crippen LogP contribution in [0.2, 0.25) is 0 Å². The van der Waals surface area contributed by atoms with Gasteiger partial charge in [-0.1, -0.05) is 46.3 Å². The zero-order chi connectivity index (χ0) is 12.8. The maximum atomic E-state index is 12.3. The molecule has 1 saturated heterocycles. The van der Waals surface area contributed by atoms with Crippen LogP contribution in [0.5, 0.6) is 0 Å². The van der Waals surface area contributed by atoms with Crippen molar-refractivity contribution in [1.29, 1.82) is 0 Å². The Hall–Kier alpha value is -0.190. The summed E-state index contributed by atoms with van der Waals surface area (Å²) in [5.41, 5.74) is 1.03. The summed E-state index contributed by atoms with van der Waals surface area (Å²) in [7, 11) is -3.11. The molecule has 0 saturated carbocycles. The molecule has 1 aliphatic heterocycles. The highest BCUT2D eigenvalue weighted by atomic mass is 79.9. The summed E-state index contributed by atoms with van der Waals surface area (Å²) >= 11 is 3.24. The maximum absolute atomic E-state index is 12.3. The van der Waals surface area contributed by atoms with E-state index in [0.29, 0.717) is 25.0 Å². The Bertz CT molecular complexity index is 412. The molecular weight excluding hydrogens is 319 g/mol. The predicted octanol–water partition coefficient (Wildman–Crippen LogP) is 3.73. The summed E-state index contributed by atoms with van der Waals surface area (Å²) in [6, 6.07) is 9.78. The average molecular weight is 335 g/mol. The van der Waals surface area contributed by atoms with Crippen LogP contribution in [0, 0.1) is 0 Å². The smallest absolute Gasteiger partial charge is 0.356 e. The Morgan fingerprint density at radius 3 is 2.89 bits per heavy atom. The summed E-state index contributed by atoms with van der Waals surface area (Å²) < 4.78 is 28.4. The van der Waals surface area contributed by atoms with Gasteiger partial charge in [-0.05, 0) is 5.56 Å². The molecule has 1 aromatic rings. The Morgan fingerprint density at radius 1 is 1.39 bits per heavy atom. The molecule has 0 radical (unpaired) electrons. The maximum Gasteiger partial charge on any atom is 0.356 e. The van der Waals surface area contributed by atoms with Crippen molar-refractivity contribution in [3.05, 3.63) is 35.9 Å². The highest BCUT2D eigenvalue weighted by molar-refractivity contribution is 9.09. The van der Waals surface area contributed by atoms with Crippen LogP contribution in [0.4, 0.5) is 0 Å². The van der Waals surface area contributed by atoms with Gasteiger partial charge in [0, 0.05) is 11.8 Å². The van der Waals surface area contributed by atoms with Gasteiger partial charge >= 0.3 is 7.60 Å². The Morgan fingerprint density at radius 2 is 2.17 bits per heavy atom. The lowest BCUT2D eigenvalue weighted by Gasteiger charge is -2.29. The topological polar surface area (TPSA) is 44.8 Å². The van der Waals surface area contributed by atoms with E-state index < -0.39 is 7.60 Å². The van der Waals surface area contributed by atoms with Gasteiger partial charge in [-0.3, -0.25) is 9.09 Å². The Kier molecular flexibility index (Phi) is 5.39. The number of halogens is 1. The minimum atomic E-state index is -3.11. The molecule has 2 unspecified atom stereocenters. The van der Waals surface area contributed by atoms with Crippen molar-refractivity contribution >= 4 is 23.5 Å². The van der Waals surface area contributed by atoms with E-state index in [1.54, 1.807) is 0 Å². The standard InChI is InChI=1S/C12H16BrO4P/c13-7-9-15-10-18(14)16-8-6-12(17-18)11-4-2-1-3-5-11/h1-5,12H,6-10H2. The van der Waals surface area contributed by atoms with E-state index in [2.05, 4.69) is 15.9 Å². The van der Waals surface area contributed by atoms with Crippen LogP contribution >= 0.6 is 23.5 Å². The van der Waals surface area contributed by atoms with E-state index >= 15 is 0 Å². The predicted molar refractivity (Wildman–Crippen MR) is 73.1 cm³/mol. The largest absolute Gasteiger partial charge is 0.368 e. The number of hydrogen-bond donors (Lipinski definition) is 0. The van der Waals surface area contributed by atoms with Crippen molar-refractivity contribution in [3.8, 4) is 0 Å². The minimum absolute atomic E-state index is 0.0158. The molecule has 4 nitrogen and oxygen atoms in total. The second-order valence-corrected chi connectivity index (χ2v) is 6.71. The van der Waals surface area contributed by atoms with Gasteiger partial charge < -0.3 is 9.26 Å². The molecule has 0 spiro atoms. The van der Waals surface area contributed by atoms with E-state index in [0.717, 1.165) is 5.56 Å². The van der Waals surface area contributed by atoms with Gasteiger partial charge in [-0.15, -0.1) is 0 Å². The van der Waals surface area contributed by atoms with E-state index in [9.17, 15) is 4.57 Å². The second kappa shape index (κ2) is 6.83. The SMILES string of the molecule is O=P1(COCCBr)OCCC(c2ccccc2)O1. The van der Waals surface area contributed by atoms with Crippen molar-refractivity contribution in [2.45, 2.75) is 12.5 Å². The quantitative estimate of drug-likeness (QED) is 0.467. The van der Waals surface area contributed by atoms with Crippen LogP contribution in [-0.4, -0.2) is 24.9 Å². The van der Waals surface area contributed by atoms with Gasteiger partial charge in [0.25, 0.3) is 0 Å². The van der Waals surface area contributed by atoms with Crippen LogP contribution in [0.3, 0.4) is 0 Å². The normalized spacial score (nSPS) is 28.2. The first-order chi connectivity index (χ1) is 8.73. The monoisotopic (exact) mass is 334 g/mol. The van der Waals surface area contributed by atoms with Crippen molar-refractivity contribution in [2.75, 3.05) is 24.9 Å². The molecule has 2 rings (SSSR count). The summed E-state index contributed by atoms with van der Waals surface area (Å²) in [4.78, 5) is 0. The van der Waals surface area contributed by atoms with Crippen molar-refractivity contribution < 1.29 is 18.3 Å². The van der Waals surface area contributed by atoms with Crippen LogP contribution in [0.1, 0.15) is 18.1 Å². The first kappa shape index (κ1) is 14.2. The zero-order valence-corrected chi connectivity index (χ0v) is 12.4. The molecule has 0 aliphatic carbocycles. The van der Waals surface area contributed by atoms with Crippen molar-refractivity contribution in [1.82, 2.24) is 0 Å². The fraction of sp³-hybridized carbons (Fsp3) is 0.500. The molecular formula is C12H16BrO4P. The highest BCUT2D eigenvalue weighted by Gasteiger charge is 2.34. The lowest BCUT2D eigenvalue weighted by atomic mass is 10.1. The van der Waals surface area contributed by atoms with Crippen LogP contribution in [0.15, 0.2) is 30.3 Å². The molecule has 1 fully saturated rings. The molecule has 6 heteroatoms. The molecule has 0 bridgehead atoms. The van der Waals surface area contributed by atoms with Gasteiger partial charge in [-0.25, -0.2) is 0 Å². The van der Waals surface area contributed by atoms with Crippen LogP contribution in [-0.2, 0) is 18.3 Å². The number of hydrogen-bond acceptors (Lipinski definition) is 4. The van der Waals surface area contributed by atoms with E-state index in [1.165, 1.54) is 0 Å². The molecule has 100 valence electrons. The average Bonchev–Trinajstić information content (AvgIpc) is 2.40. The Labute approximate surface area is 115 Å². The Balaban J connectivity index is 1.98. The molecule has 0 N–H and O–H groups in total. The number of ether oxygens (including phenoxy) is 1. The first-order valence-electron chi connectivity index (χ1n) is 5.84. The third-order valence-electron chi connectivity index (χ3n) is 2.60. The third kappa shape index (κ3) is 3.90. The van der Waals surface area contributed by atoms with Gasteiger partial charge in [0.2, 0.25) is 0 Å². The minimum Gasteiger partial charge on any atom is -0.368 e. The zero-order valence-electron chi connectivity index (χ0n) is 9.96. The summed E-state index contributed by atoms with van der Waals surface area (Å²) in [6.45, 7) is 0.932. The van der Waals surface area contributed by atoms with Crippen LogP contribution in [0.25, 0.3) is 0 Å². The molecule has 0 aromatic heterocycles. The number of benzene rings is 1. The number of alkyl halides is 1. The van der Waals surface area contributed by atoms with Gasteiger partial charge in [0.15, 0.2) is 0 Å². The summed E-state index contributed by atoms with van der Waals surface area (Å²) in [5, 5.41) is 0.703. The van der Waals surface area contributed by atoms with Crippen LogP contribution < -0.4 is 0 Å². The molecule has 1 aliphatic rings. The number of rotatable bonds is 5. The van der Waals surface area contributed by atoms with E-state index in [1.807, 2.05) is 30.3 Å². The highest BCUT2D eigenvalue weighted by Crippen LogP contribution is 2.55. The van der Waals surface area contributed by atoms with Gasteiger partial charge in [-0.2, -0.15) is 0 Å². The second-order valence-electron chi connectivity index (χ2n) is 3.96. The van der Waals surface area contributed by atoms with Crippen molar-refractivity contribution in [2.24, 2.45) is 0 Å². The molecule has 0 amide bonds. The van der Waals surface area contributed by atoms with Gasteiger partial charge in [0.1, 0.15) is 6.35 Å². The fourth-order valence-corrected chi connectivity index (χ4v) is 3.55.